The number of para-hydroxylation sites is 1. The van der Waals surface area contributed by atoms with Gasteiger partial charge in [-0.1, -0.05) is 12.1 Å². The summed E-state index contributed by atoms with van der Waals surface area (Å²) in [5.41, 5.74) is 2.08. The first-order chi connectivity index (χ1) is 17.6. The largest absolute Gasteiger partial charge is 0.418 e. The molecule has 0 saturated carbocycles. The fraction of sp³-hybridized carbons (Fsp3) is 0.333. The van der Waals surface area contributed by atoms with Gasteiger partial charge in [-0.2, -0.15) is 13.2 Å². The minimum Gasteiger partial charge on any atom is -0.371 e. The Balaban J connectivity index is 1.51. The van der Waals surface area contributed by atoms with Crippen LogP contribution in [0.5, 0.6) is 0 Å². The van der Waals surface area contributed by atoms with Gasteiger partial charge in [0.1, 0.15) is 11.3 Å². The van der Waals surface area contributed by atoms with Crippen molar-refractivity contribution in [2.24, 2.45) is 0 Å². The van der Waals surface area contributed by atoms with E-state index in [1.807, 2.05) is 6.92 Å². The van der Waals surface area contributed by atoms with Gasteiger partial charge in [0.2, 0.25) is 0 Å². The van der Waals surface area contributed by atoms with Crippen molar-refractivity contribution in [2.45, 2.75) is 45.3 Å². The molecule has 0 N–H and O–H groups in total. The highest BCUT2D eigenvalue weighted by Crippen LogP contribution is 2.39. The number of aromatic nitrogens is 4. The molecule has 1 aliphatic rings. The van der Waals surface area contributed by atoms with Gasteiger partial charge in [0, 0.05) is 42.9 Å². The zero-order valence-electron chi connectivity index (χ0n) is 20.4. The molecule has 4 heterocycles. The SMILES string of the molecule is Cc1cnc(Cn2c(=O)c(C3CCN(c4ccccc4C(F)(F)F)CC3)c(C)c3nccnc32)c(F)c1. The number of alkyl halides is 3. The van der Waals surface area contributed by atoms with Crippen molar-refractivity contribution >= 4 is 16.9 Å². The van der Waals surface area contributed by atoms with Crippen molar-refractivity contribution in [2.75, 3.05) is 18.0 Å². The van der Waals surface area contributed by atoms with Gasteiger partial charge in [0.05, 0.1) is 17.8 Å². The first-order valence-corrected chi connectivity index (χ1v) is 12.0. The molecule has 0 aliphatic carbocycles. The van der Waals surface area contributed by atoms with Gasteiger partial charge in [-0.3, -0.25) is 19.3 Å². The Hall–Kier alpha value is -3.82. The summed E-state index contributed by atoms with van der Waals surface area (Å²) in [5, 5.41) is 0. The summed E-state index contributed by atoms with van der Waals surface area (Å²) < 4.78 is 56.7. The van der Waals surface area contributed by atoms with Crippen LogP contribution >= 0.6 is 0 Å². The van der Waals surface area contributed by atoms with Gasteiger partial charge in [-0.15, -0.1) is 0 Å². The van der Waals surface area contributed by atoms with Crippen molar-refractivity contribution in [3.63, 3.8) is 0 Å². The van der Waals surface area contributed by atoms with Gasteiger partial charge in [-0.05, 0) is 61.9 Å². The number of halogens is 4. The summed E-state index contributed by atoms with van der Waals surface area (Å²) in [6, 6.07) is 6.91. The van der Waals surface area contributed by atoms with Crippen LogP contribution in [0.15, 0.2) is 53.7 Å². The second-order valence-electron chi connectivity index (χ2n) is 9.38. The van der Waals surface area contributed by atoms with Crippen LogP contribution in [0.4, 0.5) is 23.2 Å². The Morgan fingerprint density at radius 2 is 1.73 bits per heavy atom. The number of piperidine rings is 1. The van der Waals surface area contributed by atoms with E-state index in [-0.39, 0.29) is 29.4 Å². The Kier molecular flexibility index (Phi) is 6.43. The maximum Gasteiger partial charge on any atom is 0.418 e. The highest BCUT2D eigenvalue weighted by atomic mass is 19.4. The lowest BCUT2D eigenvalue weighted by Crippen LogP contribution is -2.37. The molecule has 1 aromatic carbocycles. The molecule has 0 amide bonds. The minimum absolute atomic E-state index is 0.106. The number of benzene rings is 1. The number of hydrogen-bond donors (Lipinski definition) is 0. The second-order valence-corrected chi connectivity index (χ2v) is 9.38. The van der Waals surface area contributed by atoms with Crippen molar-refractivity contribution in [3.8, 4) is 0 Å². The van der Waals surface area contributed by atoms with Crippen molar-refractivity contribution in [3.05, 3.63) is 93.0 Å². The van der Waals surface area contributed by atoms with E-state index in [9.17, 15) is 22.4 Å². The van der Waals surface area contributed by atoms with Crippen molar-refractivity contribution in [1.82, 2.24) is 19.5 Å². The lowest BCUT2D eigenvalue weighted by atomic mass is 9.87. The predicted octanol–water partition coefficient (Wildman–Crippen LogP) is 5.39. The molecule has 0 bridgehead atoms. The maximum atomic E-state index is 14.6. The number of anilines is 1. The Morgan fingerprint density at radius 3 is 2.43 bits per heavy atom. The molecule has 10 heteroatoms. The molecule has 192 valence electrons. The van der Waals surface area contributed by atoms with Crippen LogP contribution in [0.25, 0.3) is 11.2 Å². The number of hydrogen-bond acceptors (Lipinski definition) is 5. The third-order valence-corrected chi connectivity index (χ3v) is 6.98. The molecule has 0 atom stereocenters. The summed E-state index contributed by atoms with van der Waals surface area (Å²) in [6.45, 7) is 4.17. The monoisotopic (exact) mass is 511 g/mol. The third-order valence-electron chi connectivity index (χ3n) is 6.98. The Morgan fingerprint density at radius 1 is 1.03 bits per heavy atom. The highest BCUT2D eigenvalue weighted by Gasteiger charge is 2.36. The molecule has 0 radical (unpaired) electrons. The lowest BCUT2D eigenvalue weighted by Gasteiger charge is -2.35. The van der Waals surface area contributed by atoms with E-state index < -0.39 is 17.6 Å². The summed E-state index contributed by atoms with van der Waals surface area (Å²) >= 11 is 0. The van der Waals surface area contributed by atoms with Crippen molar-refractivity contribution in [1.29, 1.82) is 0 Å². The third kappa shape index (κ3) is 4.68. The summed E-state index contributed by atoms with van der Waals surface area (Å²) in [5.74, 6) is -0.696. The van der Waals surface area contributed by atoms with Crippen molar-refractivity contribution < 1.29 is 17.6 Å². The average molecular weight is 512 g/mol. The normalized spacial score (nSPS) is 14.9. The standard InChI is InChI=1S/C27H25F4N5O/c1-16-13-20(28)21(34-14-16)15-36-25-24(32-9-10-33-25)17(2)23(26(36)37)18-7-11-35(12-8-18)22-6-4-3-5-19(22)27(29,30)31/h3-6,9-10,13-14,18H,7-8,11-12,15H2,1-2H3. The lowest BCUT2D eigenvalue weighted by molar-refractivity contribution is -0.137. The zero-order valence-corrected chi connectivity index (χ0v) is 20.4. The smallest absolute Gasteiger partial charge is 0.371 e. The van der Waals surface area contributed by atoms with Crippen LogP contribution in [0, 0.1) is 19.7 Å². The Bertz CT molecular complexity index is 1520. The molecule has 37 heavy (non-hydrogen) atoms. The summed E-state index contributed by atoms with van der Waals surface area (Å²) in [4.78, 5) is 28.5. The predicted molar refractivity (Wildman–Crippen MR) is 132 cm³/mol. The number of nitrogens with zero attached hydrogens (tertiary/aromatic N) is 5. The van der Waals surface area contributed by atoms with Crippen LogP contribution in [-0.4, -0.2) is 32.6 Å². The molecule has 4 aromatic rings. The van der Waals surface area contributed by atoms with E-state index in [0.29, 0.717) is 53.8 Å². The minimum atomic E-state index is -4.45. The average Bonchev–Trinajstić information content (AvgIpc) is 2.88. The molecule has 1 aliphatic heterocycles. The molecule has 0 spiro atoms. The fourth-order valence-corrected chi connectivity index (χ4v) is 5.18. The van der Waals surface area contributed by atoms with Crippen LogP contribution in [0.2, 0.25) is 0 Å². The van der Waals surface area contributed by atoms with Crippen LogP contribution in [0.3, 0.4) is 0 Å². The number of pyridine rings is 2. The highest BCUT2D eigenvalue weighted by molar-refractivity contribution is 5.75. The second kappa shape index (κ2) is 9.57. The van der Waals surface area contributed by atoms with Gasteiger partial charge >= 0.3 is 6.18 Å². The van der Waals surface area contributed by atoms with E-state index in [2.05, 4.69) is 15.0 Å². The fourth-order valence-electron chi connectivity index (χ4n) is 5.18. The molecule has 5 rings (SSSR count). The topological polar surface area (TPSA) is 63.9 Å². The van der Waals surface area contributed by atoms with E-state index in [1.54, 1.807) is 24.1 Å². The zero-order chi connectivity index (χ0) is 26.3. The summed E-state index contributed by atoms with van der Waals surface area (Å²) in [6.07, 6.45) is 1.09. The Labute approximate surface area is 210 Å². The van der Waals surface area contributed by atoms with Gasteiger partial charge in [0.15, 0.2) is 5.65 Å². The number of fused-ring (bicyclic) bond motifs is 1. The molecule has 1 saturated heterocycles. The van der Waals surface area contributed by atoms with E-state index in [1.165, 1.54) is 35.2 Å². The van der Waals surface area contributed by atoms with E-state index in [4.69, 9.17) is 0 Å². The maximum absolute atomic E-state index is 14.6. The first-order valence-electron chi connectivity index (χ1n) is 12.0. The molecule has 3 aromatic heterocycles. The van der Waals surface area contributed by atoms with Crippen LogP contribution in [-0.2, 0) is 12.7 Å². The number of aryl methyl sites for hydroxylation is 2. The van der Waals surface area contributed by atoms with E-state index in [0.717, 1.165) is 6.07 Å². The van der Waals surface area contributed by atoms with E-state index >= 15 is 0 Å². The van der Waals surface area contributed by atoms with Gasteiger partial charge in [0.25, 0.3) is 5.56 Å². The molecular formula is C27H25F4N5O. The molecule has 6 nitrogen and oxygen atoms in total. The van der Waals surface area contributed by atoms with Gasteiger partial charge in [-0.25, -0.2) is 9.37 Å². The van der Waals surface area contributed by atoms with Crippen LogP contribution < -0.4 is 10.5 Å². The molecule has 1 fully saturated rings. The molecular weight excluding hydrogens is 486 g/mol. The van der Waals surface area contributed by atoms with Crippen LogP contribution in [0.1, 0.15) is 46.7 Å². The first kappa shape index (κ1) is 24.9. The number of rotatable bonds is 4. The molecule has 0 unspecified atom stereocenters. The summed E-state index contributed by atoms with van der Waals surface area (Å²) in [7, 11) is 0. The van der Waals surface area contributed by atoms with Gasteiger partial charge < -0.3 is 4.90 Å². The quantitative estimate of drug-likeness (QED) is 0.344.